The van der Waals surface area contributed by atoms with Crippen molar-refractivity contribution in [3.05, 3.63) is 36.0 Å². The molecule has 1 unspecified atom stereocenters. The molecule has 1 amide bonds. The number of hydrogen-bond donors (Lipinski definition) is 0. The van der Waals surface area contributed by atoms with E-state index in [0.717, 1.165) is 31.8 Å². The van der Waals surface area contributed by atoms with Crippen LogP contribution in [0, 0.1) is 5.41 Å². The number of amides is 1. The van der Waals surface area contributed by atoms with Gasteiger partial charge in [0.15, 0.2) is 0 Å². The molecule has 0 radical (unpaired) electrons. The molecule has 1 atom stereocenters. The lowest BCUT2D eigenvalue weighted by molar-refractivity contribution is 0.0723. The van der Waals surface area contributed by atoms with Gasteiger partial charge in [0.2, 0.25) is 5.88 Å². The number of ether oxygens (including phenoxy) is 1. The molecule has 1 aliphatic carbocycles. The summed E-state index contributed by atoms with van der Waals surface area (Å²) in [6.07, 6.45) is 6.91. The number of likely N-dealkylation sites (tertiary alicyclic amines) is 1. The number of carbonyl (C=O) groups excluding carboxylic acids is 1. The quantitative estimate of drug-likeness (QED) is 0.851. The van der Waals surface area contributed by atoms with E-state index < -0.39 is 0 Å². The van der Waals surface area contributed by atoms with Crippen molar-refractivity contribution in [3.8, 4) is 5.88 Å². The molecule has 1 saturated carbocycles. The molecule has 132 valence electrons. The maximum atomic E-state index is 12.9. The van der Waals surface area contributed by atoms with E-state index in [1.54, 1.807) is 31.8 Å². The number of pyridine rings is 1. The lowest BCUT2D eigenvalue weighted by Gasteiger charge is -2.42. The number of rotatable bonds is 4. The van der Waals surface area contributed by atoms with Crippen LogP contribution in [0.3, 0.4) is 0 Å². The summed E-state index contributed by atoms with van der Waals surface area (Å²) in [5, 5.41) is 8.48. The molecule has 1 spiro atoms. The molecule has 2 aliphatic rings. The van der Waals surface area contributed by atoms with Crippen molar-refractivity contribution in [1.82, 2.24) is 24.6 Å². The van der Waals surface area contributed by atoms with Gasteiger partial charge in [-0.2, -0.15) is 0 Å². The van der Waals surface area contributed by atoms with Gasteiger partial charge in [0.05, 0.1) is 12.7 Å². The van der Waals surface area contributed by atoms with Crippen LogP contribution in [0.2, 0.25) is 0 Å². The van der Waals surface area contributed by atoms with Crippen molar-refractivity contribution < 1.29 is 9.53 Å². The highest BCUT2D eigenvalue weighted by molar-refractivity contribution is 5.94. The van der Waals surface area contributed by atoms with Gasteiger partial charge in [0.1, 0.15) is 12.2 Å². The normalized spacial score (nSPS) is 21.4. The fraction of sp³-hybridized carbons (Fsp3) is 0.556. The van der Waals surface area contributed by atoms with Crippen molar-refractivity contribution in [1.29, 1.82) is 0 Å². The minimum absolute atomic E-state index is 0.0338. The minimum Gasteiger partial charge on any atom is -0.481 e. The summed E-state index contributed by atoms with van der Waals surface area (Å²) in [7, 11) is 1.57. The first kappa shape index (κ1) is 16.1. The summed E-state index contributed by atoms with van der Waals surface area (Å²) in [4.78, 5) is 19.1. The Hall–Kier alpha value is -2.44. The van der Waals surface area contributed by atoms with Crippen LogP contribution in [-0.4, -0.2) is 50.8 Å². The van der Waals surface area contributed by atoms with Gasteiger partial charge in [-0.25, -0.2) is 4.98 Å². The number of aryl methyl sites for hydroxylation is 1. The molecule has 3 heterocycles. The van der Waals surface area contributed by atoms with E-state index in [0.29, 0.717) is 18.0 Å². The molecule has 1 saturated heterocycles. The molecule has 0 aromatic carbocycles. The van der Waals surface area contributed by atoms with E-state index in [-0.39, 0.29) is 17.2 Å². The average Bonchev–Trinajstić information content (AvgIpc) is 3.24. The van der Waals surface area contributed by atoms with E-state index in [4.69, 9.17) is 4.74 Å². The Morgan fingerprint density at radius 2 is 2.24 bits per heavy atom. The van der Waals surface area contributed by atoms with Crippen LogP contribution in [0.5, 0.6) is 5.88 Å². The molecular weight excluding hydrogens is 318 g/mol. The van der Waals surface area contributed by atoms with Crippen molar-refractivity contribution >= 4 is 5.91 Å². The largest absolute Gasteiger partial charge is 0.481 e. The van der Waals surface area contributed by atoms with E-state index in [1.165, 1.54) is 6.42 Å². The Bertz CT molecular complexity index is 766. The van der Waals surface area contributed by atoms with E-state index >= 15 is 0 Å². The summed E-state index contributed by atoms with van der Waals surface area (Å²) >= 11 is 0. The minimum atomic E-state index is 0.0338. The summed E-state index contributed by atoms with van der Waals surface area (Å²) < 4.78 is 7.18. The molecule has 2 aromatic heterocycles. The molecule has 7 heteroatoms. The molecule has 4 rings (SSSR count). The first-order valence-electron chi connectivity index (χ1n) is 8.84. The van der Waals surface area contributed by atoms with Gasteiger partial charge in [-0.05, 0) is 31.2 Å². The number of nitrogens with zero attached hydrogens (tertiary/aromatic N) is 5. The summed E-state index contributed by atoms with van der Waals surface area (Å²) in [5.74, 6) is 1.83. The molecule has 25 heavy (non-hydrogen) atoms. The zero-order valence-corrected chi connectivity index (χ0v) is 14.7. The van der Waals surface area contributed by atoms with Crippen molar-refractivity contribution in [2.24, 2.45) is 5.41 Å². The van der Waals surface area contributed by atoms with Gasteiger partial charge in [-0.3, -0.25) is 4.79 Å². The molecule has 0 bridgehead atoms. The number of carbonyl (C=O) groups is 1. The van der Waals surface area contributed by atoms with Gasteiger partial charge >= 0.3 is 0 Å². The van der Waals surface area contributed by atoms with Gasteiger partial charge in [0.25, 0.3) is 5.91 Å². The topological polar surface area (TPSA) is 73.1 Å². The number of hydrogen-bond acceptors (Lipinski definition) is 5. The highest BCUT2D eigenvalue weighted by Crippen LogP contribution is 2.55. The van der Waals surface area contributed by atoms with Crippen LogP contribution in [0.4, 0.5) is 0 Å². The van der Waals surface area contributed by atoms with Crippen LogP contribution in [0.1, 0.15) is 48.3 Å². The Morgan fingerprint density at radius 1 is 1.40 bits per heavy atom. The van der Waals surface area contributed by atoms with Crippen LogP contribution in [0.25, 0.3) is 0 Å². The third-order valence-electron chi connectivity index (χ3n) is 5.77. The Kier molecular flexibility index (Phi) is 3.94. The van der Waals surface area contributed by atoms with Crippen molar-refractivity contribution in [2.45, 2.75) is 38.6 Å². The second kappa shape index (κ2) is 6.13. The molecule has 2 aromatic rings. The Morgan fingerprint density at radius 3 is 2.84 bits per heavy atom. The molecule has 7 nitrogen and oxygen atoms in total. The first-order valence-corrected chi connectivity index (χ1v) is 8.84. The summed E-state index contributed by atoms with van der Waals surface area (Å²) in [5.41, 5.74) is 0.767. The lowest BCUT2D eigenvalue weighted by Crippen LogP contribution is -2.38. The second-order valence-electron chi connectivity index (χ2n) is 7.02. The monoisotopic (exact) mass is 341 g/mol. The van der Waals surface area contributed by atoms with Gasteiger partial charge in [-0.15, -0.1) is 10.2 Å². The van der Waals surface area contributed by atoms with E-state index in [9.17, 15) is 4.79 Å². The molecule has 1 aliphatic heterocycles. The van der Waals surface area contributed by atoms with Crippen LogP contribution < -0.4 is 4.74 Å². The van der Waals surface area contributed by atoms with Crippen molar-refractivity contribution in [3.63, 3.8) is 0 Å². The predicted molar refractivity (Wildman–Crippen MR) is 91.4 cm³/mol. The highest BCUT2D eigenvalue weighted by Gasteiger charge is 2.53. The van der Waals surface area contributed by atoms with E-state index in [1.807, 2.05) is 4.90 Å². The van der Waals surface area contributed by atoms with Gasteiger partial charge in [0, 0.05) is 37.8 Å². The molecule has 2 fully saturated rings. The molecule has 0 N–H and O–H groups in total. The van der Waals surface area contributed by atoms with Gasteiger partial charge < -0.3 is 14.2 Å². The predicted octanol–water partition coefficient (Wildman–Crippen LogP) is 2.11. The zero-order chi connectivity index (χ0) is 17.4. The highest BCUT2D eigenvalue weighted by atomic mass is 16.5. The van der Waals surface area contributed by atoms with Crippen LogP contribution in [0.15, 0.2) is 24.7 Å². The van der Waals surface area contributed by atoms with Gasteiger partial charge in [-0.1, -0.05) is 6.42 Å². The Labute approximate surface area is 147 Å². The van der Waals surface area contributed by atoms with E-state index in [2.05, 4.69) is 26.7 Å². The second-order valence-corrected chi connectivity index (χ2v) is 7.02. The standard InChI is InChI=1S/C18H23N5O2/c1-3-22-12-20-21-16(22)14-10-23(11-18(14)7-4-8-18)17(24)13-5-6-15(25-2)19-9-13/h5-6,9,12,14H,3-4,7-8,10-11H2,1-2H3. The summed E-state index contributed by atoms with van der Waals surface area (Å²) in [6.45, 7) is 4.44. The number of methoxy groups -OCH3 is 1. The lowest BCUT2D eigenvalue weighted by atomic mass is 9.62. The smallest absolute Gasteiger partial charge is 0.255 e. The SMILES string of the molecule is CCn1cnnc1C1CN(C(=O)c2ccc(OC)nc2)CC12CCC2. The third kappa shape index (κ3) is 2.58. The Balaban J connectivity index is 1.59. The number of aromatic nitrogens is 4. The zero-order valence-electron chi connectivity index (χ0n) is 14.7. The maximum absolute atomic E-state index is 12.9. The first-order chi connectivity index (χ1) is 12.2. The average molecular weight is 341 g/mol. The van der Waals surface area contributed by atoms with Crippen LogP contribution in [-0.2, 0) is 6.54 Å². The maximum Gasteiger partial charge on any atom is 0.255 e. The third-order valence-corrected chi connectivity index (χ3v) is 5.77. The molecular formula is C18H23N5O2. The fourth-order valence-corrected chi connectivity index (χ4v) is 4.20. The van der Waals surface area contributed by atoms with Crippen LogP contribution >= 0.6 is 0 Å². The summed E-state index contributed by atoms with van der Waals surface area (Å²) in [6, 6.07) is 3.51. The van der Waals surface area contributed by atoms with Crippen molar-refractivity contribution in [2.75, 3.05) is 20.2 Å². The fourth-order valence-electron chi connectivity index (χ4n) is 4.20.